The normalized spacial score (nSPS) is 11.8. The Kier molecular flexibility index (Phi) is 4.86. The Morgan fingerprint density at radius 3 is 2.62 bits per heavy atom. The van der Waals surface area contributed by atoms with Gasteiger partial charge in [0.05, 0.1) is 18.4 Å². The zero-order valence-corrected chi connectivity index (χ0v) is 13.1. The Bertz CT molecular complexity index is 655. The van der Waals surface area contributed by atoms with E-state index in [1.165, 1.54) is 18.2 Å². The number of ether oxygens (including phenoxy) is 1. The largest absolute Gasteiger partial charge is 0.465 e. The van der Waals surface area contributed by atoms with E-state index in [1.54, 1.807) is 18.2 Å². The molecule has 2 aromatic carbocycles. The molecule has 0 spiro atoms. The van der Waals surface area contributed by atoms with Crippen LogP contribution in [0.1, 0.15) is 34.5 Å². The van der Waals surface area contributed by atoms with E-state index in [1.807, 2.05) is 19.1 Å². The molecule has 1 unspecified atom stereocenters. The Balaban J connectivity index is 2.32. The highest BCUT2D eigenvalue weighted by atomic mass is 35.5. The molecule has 3 nitrogen and oxygen atoms in total. The second kappa shape index (κ2) is 6.64. The van der Waals surface area contributed by atoms with E-state index in [4.69, 9.17) is 16.3 Å². The lowest BCUT2D eigenvalue weighted by Crippen LogP contribution is -2.12. The molecule has 4 heteroatoms. The van der Waals surface area contributed by atoms with Gasteiger partial charge in [-0.25, -0.2) is 4.79 Å². The number of benzene rings is 2. The third kappa shape index (κ3) is 3.56. The Labute approximate surface area is 129 Å². The van der Waals surface area contributed by atoms with Crippen molar-refractivity contribution in [2.75, 3.05) is 12.4 Å². The first kappa shape index (κ1) is 15.4. The molecule has 0 aliphatic carbocycles. The van der Waals surface area contributed by atoms with Gasteiger partial charge in [0.15, 0.2) is 0 Å². The van der Waals surface area contributed by atoms with Gasteiger partial charge in [0.2, 0.25) is 0 Å². The van der Waals surface area contributed by atoms with Gasteiger partial charge in [-0.05, 0) is 43.2 Å². The predicted octanol–water partition coefficient (Wildman–Crippen LogP) is 4.61. The molecule has 1 N–H and O–H groups in total. The second-order valence-electron chi connectivity index (χ2n) is 4.90. The maximum atomic E-state index is 11.8. The van der Waals surface area contributed by atoms with Crippen LogP contribution in [0.15, 0.2) is 42.5 Å². The molecule has 0 radical (unpaired) electrons. The molecule has 0 saturated carbocycles. The highest BCUT2D eigenvalue weighted by molar-refractivity contribution is 6.31. The van der Waals surface area contributed by atoms with Gasteiger partial charge in [-0.15, -0.1) is 0 Å². The van der Waals surface area contributed by atoms with Crippen molar-refractivity contribution in [2.45, 2.75) is 19.9 Å². The Morgan fingerprint density at radius 1 is 1.24 bits per heavy atom. The SMILES string of the molecule is COC(=O)c1ccc(Cl)cc1NC(C)c1ccccc1C. The van der Waals surface area contributed by atoms with Crippen molar-refractivity contribution in [2.24, 2.45) is 0 Å². The van der Waals surface area contributed by atoms with Crippen LogP contribution in [0.5, 0.6) is 0 Å². The number of carbonyl (C=O) groups excluding carboxylic acids is 1. The number of rotatable bonds is 4. The molecule has 110 valence electrons. The number of methoxy groups -OCH3 is 1. The summed E-state index contributed by atoms with van der Waals surface area (Å²) >= 11 is 6.03. The van der Waals surface area contributed by atoms with Crippen LogP contribution < -0.4 is 5.32 Å². The molecule has 1 atom stereocenters. The van der Waals surface area contributed by atoms with Gasteiger partial charge in [0.1, 0.15) is 0 Å². The summed E-state index contributed by atoms with van der Waals surface area (Å²) in [5.74, 6) is -0.383. The summed E-state index contributed by atoms with van der Waals surface area (Å²) in [6.45, 7) is 4.11. The molecule has 0 aliphatic heterocycles. The van der Waals surface area contributed by atoms with Crippen LogP contribution in [0.4, 0.5) is 5.69 Å². The van der Waals surface area contributed by atoms with Crippen LogP contribution in [-0.4, -0.2) is 13.1 Å². The van der Waals surface area contributed by atoms with Crippen LogP contribution in [0.2, 0.25) is 5.02 Å². The maximum absolute atomic E-state index is 11.8. The Morgan fingerprint density at radius 2 is 1.95 bits per heavy atom. The summed E-state index contributed by atoms with van der Waals surface area (Å²) in [4.78, 5) is 11.8. The average molecular weight is 304 g/mol. The molecule has 21 heavy (non-hydrogen) atoms. The number of hydrogen-bond acceptors (Lipinski definition) is 3. The first-order chi connectivity index (χ1) is 10.0. The fraction of sp³-hybridized carbons (Fsp3) is 0.235. The van der Waals surface area contributed by atoms with Gasteiger partial charge in [-0.3, -0.25) is 0 Å². The van der Waals surface area contributed by atoms with Crippen molar-refractivity contribution in [1.82, 2.24) is 0 Å². The van der Waals surface area contributed by atoms with Gasteiger partial charge >= 0.3 is 5.97 Å². The van der Waals surface area contributed by atoms with Crippen LogP contribution >= 0.6 is 11.6 Å². The monoisotopic (exact) mass is 303 g/mol. The van der Waals surface area contributed by atoms with Crippen LogP contribution in [0.3, 0.4) is 0 Å². The molecule has 0 amide bonds. The molecule has 0 bridgehead atoms. The molecule has 2 aromatic rings. The minimum absolute atomic E-state index is 0.0491. The number of halogens is 1. The highest BCUT2D eigenvalue weighted by Gasteiger charge is 2.15. The number of hydrogen-bond donors (Lipinski definition) is 1. The molecule has 0 heterocycles. The van der Waals surface area contributed by atoms with Crippen molar-refractivity contribution in [3.8, 4) is 0 Å². The highest BCUT2D eigenvalue weighted by Crippen LogP contribution is 2.27. The van der Waals surface area contributed by atoms with E-state index in [9.17, 15) is 4.79 Å². The van der Waals surface area contributed by atoms with Crippen molar-refractivity contribution in [3.05, 3.63) is 64.2 Å². The van der Waals surface area contributed by atoms with Gasteiger partial charge in [-0.1, -0.05) is 35.9 Å². The summed E-state index contributed by atoms with van der Waals surface area (Å²) in [6, 6.07) is 13.3. The summed E-state index contributed by atoms with van der Waals surface area (Å²) in [6.07, 6.45) is 0. The molecule has 0 aromatic heterocycles. The van der Waals surface area contributed by atoms with Crippen molar-refractivity contribution in [3.63, 3.8) is 0 Å². The van der Waals surface area contributed by atoms with Crippen LogP contribution in [0, 0.1) is 6.92 Å². The van der Waals surface area contributed by atoms with Gasteiger partial charge in [0, 0.05) is 11.1 Å². The lowest BCUT2D eigenvalue weighted by atomic mass is 10.0. The van der Waals surface area contributed by atoms with Crippen LogP contribution in [0.25, 0.3) is 0 Å². The smallest absolute Gasteiger partial charge is 0.339 e. The van der Waals surface area contributed by atoms with E-state index >= 15 is 0 Å². The zero-order chi connectivity index (χ0) is 15.4. The Hall–Kier alpha value is -2.00. The third-order valence-electron chi connectivity index (χ3n) is 3.41. The molecule has 0 saturated heterocycles. The standard InChI is InChI=1S/C17H18ClNO2/c1-11-6-4-5-7-14(11)12(2)19-16-10-13(18)8-9-15(16)17(20)21-3/h4-10,12,19H,1-3H3. The number of anilines is 1. The van der Waals surface area contributed by atoms with E-state index < -0.39 is 0 Å². The van der Waals surface area contributed by atoms with Crippen molar-refractivity contribution in [1.29, 1.82) is 0 Å². The maximum Gasteiger partial charge on any atom is 0.339 e. The first-order valence-electron chi connectivity index (χ1n) is 6.73. The lowest BCUT2D eigenvalue weighted by Gasteiger charge is -2.19. The molecule has 0 fully saturated rings. The minimum Gasteiger partial charge on any atom is -0.465 e. The predicted molar refractivity (Wildman–Crippen MR) is 86.0 cm³/mol. The van der Waals surface area contributed by atoms with E-state index in [-0.39, 0.29) is 12.0 Å². The summed E-state index contributed by atoms with van der Waals surface area (Å²) in [5.41, 5.74) is 3.51. The van der Waals surface area contributed by atoms with Crippen LogP contribution in [-0.2, 0) is 4.74 Å². The summed E-state index contributed by atoms with van der Waals surface area (Å²) in [7, 11) is 1.37. The van der Waals surface area contributed by atoms with Crippen molar-refractivity contribution < 1.29 is 9.53 Å². The minimum atomic E-state index is -0.383. The quantitative estimate of drug-likeness (QED) is 0.838. The summed E-state index contributed by atoms with van der Waals surface area (Å²) < 4.78 is 4.81. The van der Waals surface area contributed by atoms with Gasteiger partial charge < -0.3 is 10.1 Å². The van der Waals surface area contributed by atoms with E-state index in [0.717, 1.165) is 0 Å². The zero-order valence-electron chi connectivity index (χ0n) is 12.3. The molecule has 0 aliphatic rings. The van der Waals surface area contributed by atoms with E-state index in [0.29, 0.717) is 16.3 Å². The molecular formula is C17H18ClNO2. The first-order valence-corrected chi connectivity index (χ1v) is 7.10. The molecule has 2 rings (SSSR count). The van der Waals surface area contributed by atoms with Gasteiger partial charge in [0.25, 0.3) is 0 Å². The second-order valence-corrected chi connectivity index (χ2v) is 5.34. The van der Waals surface area contributed by atoms with E-state index in [2.05, 4.69) is 24.4 Å². The third-order valence-corrected chi connectivity index (χ3v) is 3.65. The number of carbonyl (C=O) groups is 1. The lowest BCUT2D eigenvalue weighted by molar-refractivity contribution is 0.0602. The summed E-state index contributed by atoms with van der Waals surface area (Å²) in [5, 5.41) is 3.91. The molecular weight excluding hydrogens is 286 g/mol. The van der Waals surface area contributed by atoms with Crippen molar-refractivity contribution >= 4 is 23.3 Å². The topological polar surface area (TPSA) is 38.3 Å². The fourth-order valence-corrected chi connectivity index (χ4v) is 2.48. The average Bonchev–Trinajstić information content (AvgIpc) is 2.47. The number of esters is 1. The number of aryl methyl sites for hydroxylation is 1. The number of nitrogens with one attached hydrogen (secondary N) is 1. The fourth-order valence-electron chi connectivity index (χ4n) is 2.31. The van der Waals surface area contributed by atoms with Gasteiger partial charge in [-0.2, -0.15) is 0 Å².